The topological polar surface area (TPSA) is 101 Å². The molecule has 9 heteroatoms. The quantitative estimate of drug-likeness (QED) is 0.846. The molecule has 0 fully saturated rings. The van der Waals surface area contributed by atoms with Gasteiger partial charge in [-0.1, -0.05) is 6.07 Å². The van der Waals surface area contributed by atoms with Gasteiger partial charge < -0.3 is 5.32 Å². The van der Waals surface area contributed by atoms with Crippen LogP contribution in [0.15, 0.2) is 58.3 Å². The Bertz CT molecular complexity index is 995. The molecule has 0 bridgehead atoms. The Morgan fingerprint density at radius 3 is 2.04 bits per heavy atom. The van der Waals surface area contributed by atoms with Crippen LogP contribution in [0.5, 0.6) is 0 Å². The largest absolute Gasteiger partial charge is 0.322 e. The van der Waals surface area contributed by atoms with Gasteiger partial charge in [0.1, 0.15) is 0 Å². The monoisotopic (exact) mass is 382 g/mol. The fourth-order valence-electron chi connectivity index (χ4n) is 2.00. The molecule has 0 aliphatic rings. The van der Waals surface area contributed by atoms with Crippen molar-refractivity contribution in [2.24, 2.45) is 0 Å². The SMILES string of the molecule is CN(C)S(=O)(=O)c1cccc(NC(=O)c2ccc(S(C)(=O)=O)cc2)c1. The summed E-state index contributed by atoms with van der Waals surface area (Å²) in [6.45, 7) is 0. The molecule has 25 heavy (non-hydrogen) atoms. The maximum Gasteiger partial charge on any atom is 0.255 e. The van der Waals surface area contributed by atoms with Gasteiger partial charge in [-0.05, 0) is 42.5 Å². The summed E-state index contributed by atoms with van der Waals surface area (Å²) in [5.41, 5.74) is 0.577. The molecule has 0 spiro atoms. The highest BCUT2D eigenvalue weighted by Crippen LogP contribution is 2.19. The third kappa shape index (κ3) is 4.44. The van der Waals surface area contributed by atoms with Crippen molar-refractivity contribution in [1.29, 1.82) is 0 Å². The van der Waals surface area contributed by atoms with Gasteiger partial charge >= 0.3 is 0 Å². The lowest BCUT2D eigenvalue weighted by Gasteiger charge is -2.12. The molecular weight excluding hydrogens is 364 g/mol. The summed E-state index contributed by atoms with van der Waals surface area (Å²) >= 11 is 0. The van der Waals surface area contributed by atoms with Gasteiger partial charge in [0.15, 0.2) is 9.84 Å². The van der Waals surface area contributed by atoms with Crippen LogP contribution < -0.4 is 5.32 Å². The van der Waals surface area contributed by atoms with E-state index in [1.165, 1.54) is 56.6 Å². The van der Waals surface area contributed by atoms with Crippen LogP contribution in [0.3, 0.4) is 0 Å². The van der Waals surface area contributed by atoms with Gasteiger partial charge in [0.25, 0.3) is 5.91 Å². The molecule has 134 valence electrons. The van der Waals surface area contributed by atoms with Gasteiger partial charge in [-0.3, -0.25) is 4.79 Å². The smallest absolute Gasteiger partial charge is 0.255 e. The summed E-state index contributed by atoms with van der Waals surface area (Å²) in [5.74, 6) is -0.473. The number of hydrogen-bond acceptors (Lipinski definition) is 5. The zero-order valence-electron chi connectivity index (χ0n) is 13.9. The molecule has 0 radical (unpaired) electrons. The average molecular weight is 382 g/mol. The second-order valence-electron chi connectivity index (χ2n) is 5.57. The Labute approximate surface area is 147 Å². The zero-order chi connectivity index (χ0) is 18.8. The molecule has 0 atom stereocenters. The van der Waals surface area contributed by atoms with Crippen molar-refractivity contribution in [2.45, 2.75) is 9.79 Å². The van der Waals surface area contributed by atoms with Gasteiger partial charge in [0.05, 0.1) is 9.79 Å². The van der Waals surface area contributed by atoms with Gasteiger partial charge in [-0.2, -0.15) is 0 Å². The predicted octanol–water partition coefficient (Wildman–Crippen LogP) is 1.59. The fraction of sp³-hybridized carbons (Fsp3) is 0.188. The molecule has 7 nitrogen and oxygen atoms in total. The van der Waals surface area contributed by atoms with E-state index in [2.05, 4.69) is 5.32 Å². The Balaban J connectivity index is 2.24. The number of hydrogen-bond donors (Lipinski definition) is 1. The first-order valence-corrected chi connectivity index (χ1v) is 10.5. The third-order valence-corrected chi connectivity index (χ3v) is 6.35. The highest BCUT2D eigenvalue weighted by atomic mass is 32.2. The molecule has 0 unspecified atom stereocenters. The van der Waals surface area contributed by atoms with Crippen molar-refractivity contribution in [2.75, 3.05) is 25.7 Å². The van der Waals surface area contributed by atoms with Crippen molar-refractivity contribution in [1.82, 2.24) is 4.31 Å². The number of nitrogens with zero attached hydrogens (tertiary/aromatic N) is 1. The molecule has 0 aromatic heterocycles. The summed E-state index contributed by atoms with van der Waals surface area (Å²) in [6, 6.07) is 11.4. The Hall–Kier alpha value is -2.23. The van der Waals surface area contributed by atoms with Crippen LogP contribution in [0.4, 0.5) is 5.69 Å². The van der Waals surface area contributed by atoms with Crippen LogP contribution in [0.25, 0.3) is 0 Å². The predicted molar refractivity (Wildman–Crippen MR) is 94.8 cm³/mol. The molecule has 2 aromatic carbocycles. The fourth-order valence-corrected chi connectivity index (χ4v) is 3.58. The lowest BCUT2D eigenvalue weighted by atomic mass is 10.2. The summed E-state index contributed by atoms with van der Waals surface area (Å²) in [6.07, 6.45) is 1.08. The number of benzene rings is 2. The summed E-state index contributed by atoms with van der Waals surface area (Å²) < 4.78 is 48.2. The van der Waals surface area contributed by atoms with E-state index in [1.807, 2.05) is 0 Å². The second-order valence-corrected chi connectivity index (χ2v) is 9.73. The molecule has 0 aliphatic carbocycles. The molecule has 1 amide bonds. The van der Waals surface area contributed by atoms with Crippen molar-refractivity contribution >= 4 is 31.5 Å². The van der Waals surface area contributed by atoms with E-state index in [-0.39, 0.29) is 15.4 Å². The molecule has 0 aliphatic heterocycles. The van der Waals surface area contributed by atoms with E-state index in [1.54, 1.807) is 6.07 Å². The standard InChI is InChI=1S/C16H18N2O5S2/c1-18(2)25(22,23)15-6-4-5-13(11-15)17-16(19)12-7-9-14(10-8-12)24(3,20)21/h4-11H,1-3H3,(H,17,19). The van der Waals surface area contributed by atoms with E-state index in [0.29, 0.717) is 5.69 Å². The van der Waals surface area contributed by atoms with Gasteiger partial charge in [-0.25, -0.2) is 21.1 Å². The van der Waals surface area contributed by atoms with Crippen molar-refractivity contribution < 1.29 is 21.6 Å². The van der Waals surface area contributed by atoms with Crippen molar-refractivity contribution in [3.05, 3.63) is 54.1 Å². The van der Waals surface area contributed by atoms with Crippen LogP contribution >= 0.6 is 0 Å². The first-order chi connectivity index (χ1) is 11.5. The Morgan fingerprint density at radius 2 is 1.52 bits per heavy atom. The number of sulfonamides is 1. The third-order valence-electron chi connectivity index (χ3n) is 3.42. The minimum absolute atomic E-state index is 0.0581. The van der Waals surface area contributed by atoms with Crippen molar-refractivity contribution in [3.8, 4) is 0 Å². The number of amides is 1. The molecule has 2 aromatic rings. The van der Waals surface area contributed by atoms with Crippen molar-refractivity contribution in [3.63, 3.8) is 0 Å². The Kier molecular flexibility index (Phi) is 5.31. The number of anilines is 1. The molecular formula is C16H18N2O5S2. The van der Waals surface area contributed by atoms with Gasteiger partial charge in [0.2, 0.25) is 10.0 Å². The minimum atomic E-state index is -3.61. The van der Waals surface area contributed by atoms with E-state index in [4.69, 9.17) is 0 Å². The highest BCUT2D eigenvalue weighted by Gasteiger charge is 2.18. The lowest BCUT2D eigenvalue weighted by Crippen LogP contribution is -2.22. The van der Waals surface area contributed by atoms with Crippen LogP contribution in [0.1, 0.15) is 10.4 Å². The van der Waals surface area contributed by atoms with Gasteiger partial charge in [0, 0.05) is 31.6 Å². The number of sulfone groups is 1. The maximum absolute atomic E-state index is 12.2. The second kappa shape index (κ2) is 6.95. The highest BCUT2D eigenvalue weighted by molar-refractivity contribution is 7.90. The number of nitrogens with one attached hydrogen (secondary N) is 1. The van der Waals surface area contributed by atoms with Crippen LogP contribution in [0, 0.1) is 0 Å². The number of rotatable bonds is 5. The normalized spacial score (nSPS) is 12.2. The van der Waals surface area contributed by atoms with Crippen LogP contribution in [0.2, 0.25) is 0 Å². The first-order valence-electron chi connectivity index (χ1n) is 7.16. The lowest BCUT2D eigenvalue weighted by molar-refractivity contribution is 0.102. The summed E-state index contributed by atoms with van der Waals surface area (Å²) in [7, 11) is -4.10. The number of carbonyl (C=O) groups excluding carboxylic acids is 1. The minimum Gasteiger partial charge on any atom is -0.322 e. The molecule has 1 N–H and O–H groups in total. The van der Waals surface area contributed by atoms with E-state index in [9.17, 15) is 21.6 Å². The molecule has 2 rings (SSSR count). The summed E-state index contributed by atoms with van der Waals surface area (Å²) in [4.78, 5) is 12.4. The van der Waals surface area contributed by atoms with Crippen LogP contribution in [-0.4, -0.2) is 47.4 Å². The average Bonchev–Trinajstić information content (AvgIpc) is 2.54. The molecule has 0 saturated carbocycles. The Morgan fingerprint density at radius 1 is 0.920 bits per heavy atom. The van der Waals surface area contributed by atoms with E-state index >= 15 is 0 Å². The zero-order valence-corrected chi connectivity index (χ0v) is 15.6. The van der Waals surface area contributed by atoms with E-state index in [0.717, 1.165) is 10.6 Å². The maximum atomic E-state index is 12.2. The molecule has 0 saturated heterocycles. The van der Waals surface area contributed by atoms with Gasteiger partial charge in [-0.15, -0.1) is 0 Å². The van der Waals surface area contributed by atoms with E-state index < -0.39 is 25.8 Å². The molecule has 0 heterocycles. The summed E-state index contributed by atoms with van der Waals surface area (Å²) in [5, 5.41) is 2.60. The number of carbonyl (C=O) groups is 1. The van der Waals surface area contributed by atoms with Crippen LogP contribution in [-0.2, 0) is 19.9 Å². The first kappa shape index (κ1) is 19.1.